The summed E-state index contributed by atoms with van der Waals surface area (Å²) in [4.78, 5) is 21.0. The van der Waals surface area contributed by atoms with Gasteiger partial charge in [0.05, 0.1) is 23.4 Å². The van der Waals surface area contributed by atoms with Crippen LogP contribution in [0.3, 0.4) is 0 Å². The molecule has 2 amide bonds. The number of hydrogen-bond acceptors (Lipinski definition) is 4. The molecule has 1 aliphatic rings. The Labute approximate surface area is 251 Å². The number of nitriles is 1. The highest BCUT2D eigenvalue weighted by Gasteiger charge is 2.38. The van der Waals surface area contributed by atoms with E-state index in [2.05, 4.69) is 79.4 Å². The van der Waals surface area contributed by atoms with Crippen LogP contribution in [0.4, 0.5) is 10.5 Å². The van der Waals surface area contributed by atoms with Crippen molar-refractivity contribution < 1.29 is 4.79 Å². The molecule has 0 saturated heterocycles. The van der Waals surface area contributed by atoms with E-state index >= 15 is 0 Å². The molecule has 1 aliphatic carbocycles. The molecule has 2 unspecified atom stereocenters. The van der Waals surface area contributed by atoms with Crippen molar-refractivity contribution in [2.24, 2.45) is 17.1 Å². The van der Waals surface area contributed by atoms with Gasteiger partial charge in [-0.25, -0.2) is 9.78 Å². The van der Waals surface area contributed by atoms with Crippen molar-refractivity contribution in [3.63, 3.8) is 0 Å². The zero-order valence-electron chi connectivity index (χ0n) is 25.8. The van der Waals surface area contributed by atoms with Crippen molar-refractivity contribution in [2.75, 3.05) is 18.4 Å². The van der Waals surface area contributed by atoms with Gasteiger partial charge < -0.3 is 20.5 Å². The topological polar surface area (TPSA) is 100.0 Å². The van der Waals surface area contributed by atoms with Gasteiger partial charge in [-0.15, -0.1) is 0 Å². The van der Waals surface area contributed by atoms with Gasteiger partial charge in [0, 0.05) is 30.5 Å². The van der Waals surface area contributed by atoms with E-state index in [0.717, 1.165) is 36.5 Å². The molecule has 1 heterocycles. The summed E-state index contributed by atoms with van der Waals surface area (Å²) in [7, 11) is 0. The molecule has 0 aliphatic heterocycles. The maximum atomic E-state index is 13.9. The Balaban J connectivity index is 0.00000237. The fraction of sp³-hybridized carbons (Fsp3) is 0.400. The fourth-order valence-electron chi connectivity index (χ4n) is 5.18. The molecule has 3 aromatic rings. The van der Waals surface area contributed by atoms with E-state index in [9.17, 15) is 4.79 Å². The molecule has 0 saturated carbocycles. The summed E-state index contributed by atoms with van der Waals surface area (Å²) in [5, 5.41) is 12.2. The number of aromatic nitrogens is 2. The van der Waals surface area contributed by atoms with Crippen LogP contribution in [-0.4, -0.2) is 33.6 Å². The van der Waals surface area contributed by atoms with Gasteiger partial charge in [0.25, 0.3) is 0 Å². The molecule has 4 rings (SSSR count). The minimum atomic E-state index is -0.325. The predicted octanol–water partition coefficient (Wildman–Crippen LogP) is 7.94. The lowest BCUT2D eigenvalue weighted by molar-refractivity contribution is 0.115. The van der Waals surface area contributed by atoms with Crippen LogP contribution in [0.1, 0.15) is 71.3 Å². The van der Waals surface area contributed by atoms with Gasteiger partial charge in [0.2, 0.25) is 0 Å². The molecule has 222 valence electrons. The molecule has 7 heteroatoms. The Kier molecular flexibility index (Phi) is 12.1. The second-order valence-electron chi connectivity index (χ2n) is 11.4. The van der Waals surface area contributed by atoms with E-state index in [1.807, 2.05) is 36.9 Å². The molecular formula is C35H46N6O. The van der Waals surface area contributed by atoms with Crippen LogP contribution < -0.4 is 11.1 Å². The van der Waals surface area contributed by atoms with E-state index in [1.165, 1.54) is 0 Å². The van der Waals surface area contributed by atoms with Gasteiger partial charge in [-0.3, -0.25) is 0 Å². The average molecular weight is 567 g/mol. The molecule has 0 spiro atoms. The number of imidazole rings is 1. The summed E-state index contributed by atoms with van der Waals surface area (Å²) in [5.41, 5.74) is 8.73. The summed E-state index contributed by atoms with van der Waals surface area (Å²) in [6, 6.07) is 18.7. The summed E-state index contributed by atoms with van der Waals surface area (Å²) < 4.78 is 2.25. The molecule has 0 bridgehead atoms. The van der Waals surface area contributed by atoms with Gasteiger partial charge in [0.15, 0.2) is 0 Å². The lowest BCUT2D eigenvalue weighted by Gasteiger charge is -2.40. The predicted molar refractivity (Wildman–Crippen MR) is 173 cm³/mol. The number of benzene rings is 2. The van der Waals surface area contributed by atoms with Crippen LogP contribution in [-0.2, 0) is 6.54 Å². The Hall–Kier alpha value is -4.15. The lowest BCUT2D eigenvalue weighted by Crippen LogP contribution is -2.45. The highest BCUT2D eigenvalue weighted by molar-refractivity contribution is 5.89. The number of anilines is 1. The molecule has 2 aromatic carbocycles. The molecule has 0 radical (unpaired) electrons. The van der Waals surface area contributed by atoms with Crippen LogP contribution in [0, 0.1) is 22.7 Å². The number of carbonyl (C=O) groups excluding carboxylic acids is 1. The number of amides is 2. The second-order valence-corrected chi connectivity index (χ2v) is 11.4. The Morgan fingerprint density at radius 3 is 2.50 bits per heavy atom. The van der Waals surface area contributed by atoms with Crippen LogP contribution >= 0.6 is 0 Å². The lowest BCUT2D eigenvalue weighted by atomic mass is 9.84. The quantitative estimate of drug-likeness (QED) is 0.275. The smallest absolute Gasteiger partial charge is 0.322 e. The first-order valence-corrected chi connectivity index (χ1v) is 15.0. The van der Waals surface area contributed by atoms with Crippen LogP contribution in [0.5, 0.6) is 0 Å². The summed E-state index contributed by atoms with van der Waals surface area (Å²) in [5.74, 6) is 1.22. The minimum Gasteiger partial charge on any atom is -0.332 e. The summed E-state index contributed by atoms with van der Waals surface area (Å²) in [6.07, 6.45) is 13.6. The third kappa shape index (κ3) is 8.67. The van der Waals surface area contributed by atoms with Gasteiger partial charge >= 0.3 is 6.03 Å². The highest BCUT2D eigenvalue weighted by atomic mass is 16.2. The Morgan fingerprint density at radius 2 is 1.86 bits per heavy atom. The Bertz CT molecular complexity index is 1360. The molecular weight excluding hydrogens is 520 g/mol. The van der Waals surface area contributed by atoms with Crippen molar-refractivity contribution in [1.82, 2.24) is 14.5 Å². The summed E-state index contributed by atoms with van der Waals surface area (Å²) >= 11 is 0. The van der Waals surface area contributed by atoms with Crippen molar-refractivity contribution in [1.29, 1.82) is 5.26 Å². The third-order valence-corrected chi connectivity index (χ3v) is 7.15. The third-order valence-electron chi connectivity index (χ3n) is 7.15. The number of allylic oxidation sites excluding steroid dienone is 4. The molecule has 42 heavy (non-hydrogen) atoms. The monoisotopic (exact) mass is 566 g/mol. The number of nitrogens with two attached hydrogens (primary N) is 1. The number of urea groups is 1. The van der Waals surface area contributed by atoms with Crippen molar-refractivity contribution in [2.45, 2.75) is 66.5 Å². The SMILES string of the molecule is CC.CC(C)(C)C(c1nc(-c2ccccc2)cn1CC1C=CC=CCC1)N(CCCN)C(=O)Nc1ccc(C#N)cc1. The van der Waals surface area contributed by atoms with Gasteiger partial charge in [-0.1, -0.05) is 89.3 Å². The first kappa shape index (κ1) is 32.4. The van der Waals surface area contributed by atoms with Gasteiger partial charge in [0.1, 0.15) is 5.82 Å². The molecule has 7 nitrogen and oxygen atoms in total. The van der Waals surface area contributed by atoms with Crippen LogP contribution in [0.15, 0.2) is 85.1 Å². The van der Waals surface area contributed by atoms with E-state index in [4.69, 9.17) is 16.0 Å². The maximum Gasteiger partial charge on any atom is 0.322 e. The number of nitrogens with zero attached hydrogens (tertiary/aromatic N) is 4. The number of carbonyl (C=O) groups is 1. The largest absolute Gasteiger partial charge is 0.332 e. The number of hydrogen-bond donors (Lipinski definition) is 2. The Morgan fingerprint density at radius 1 is 1.14 bits per heavy atom. The van der Waals surface area contributed by atoms with E-state index in [0.29, 0.717) is 36.7 Å². The molecule has 2 atom stereocenters. The first-order chi connectivity index (χ1) is 20.3. The maximum absolute atomic E-state index is 13.9. The van der Waals surface area contributed by atoms with Crippen molar-refractivity contribution >= 4 is 11.7 Å². The second kappa shape index (κ2) is 15.7. The van der Waals surface area contributed by atoms with E-state index < -0.39 is 0 Å². The molecule has 0 fully saturated rings. The van der Waals surface area contributed by atoms with Gasteiger partial charge in [-0.05, 0) is 61.4 Å². The number of nitrogens with one attached hydrogen (secondary N) is 1. The van der Waals surface area contributed by atoms with Crippen molar-refractivity contribution in [3.05, 3.63) is 96.5 Å². The van der Waals surface area contributed by atoms with Crippen LogP contribution in [0.2, 0.25) is 0 Å². The van der Waals surface area contributed by atoms with Crippen molar-refractivity contribution in [3.8, 4) is 17.3 Å². The summed E-state index contributed by atoms with van der Waals surface area (Å²) in [6.45, 7) is 12.2. The average Bonchev–Trinajstić information content (AvgIpc) is 3.21. The van der Waals surface area contributed by atoms with Gasteiger partial charge in [-0.2, -0.15) is 5.26 Å². The van der Waals surface area contributed by atoms with Crippen LogP contribution in [0.25, 0.3) is 11.3 Å². The normalized spacial score (nSPS) is 15.1. The van der Waals surface area contributed by atoms with E-state index in [-0.39, 0.29) is 17.5 Å². The molecule has 1 aromatic heterocycles. The van der Waals surface area contributed by atoms with E-state index in [1.54, 1.807) is 24.3 Å². The zero-order chi connectivity index (χ0) is 30.5. The minimum absolute atomic E-state index is 0.215. The standard InChI is InChI=1S/C33H40N6O.C2H6/c1-33(2,3)30(39(21-11-20-34)32(40)36-28-18-16-25(22-35)17-19-28)31-37-29(27-14-9-6-10-15-27)24-38(31)23-26-12-7-4-5-8-13-26;1-2/h4-7,9-10,12,14-19,24,26,30H,8,11,13,20-21,23,34H2,1-3H3,(H,36,40);1-2H3. The first-order valence-electron chi connectivity index (χ1n) is 15.0. The highest BCUT2D eigenvalue weighted by Crippen LogP contribution is 2.39. The fourth-order valence-corrected chi connectivity index (χ4v) is 5.18. The molecule has 3 N–H and O–H groups in total. The zero-order valence-corrected chi connectivity index (χ0v) is 25.8. The number of rotatable bonds is 9.